The van der Waals surface area contributed by atoms with Gasteiger partial charge in [0.05, 0.1) is 0 Å². The first kappa shape index (κ1) is 7.67. The van der Waals surface area contributed by atoms with Gasteiger partial charge in [-0.15, -0.1) is 11.6 Å². The quantitative estimate of drug-likeness (QED) is 0.387. The monoisotopic (exact) mass is 170 g/mol. The Balaban J connectivity index is 2.34. The van der Waals surface area contributed by atoms with Crippen molar-refractivity contribution in [3.8, 4) is 0 Å². The SMILES string of the molecule is C=C1C2CC(Cl)C(C2)C1(C)C. The molecule has 1 heteroatoms. The van der Waals surface area contributed by atoms with Crippen LogP contribution < -0.4 is 0 Å². The Labute approximate surface area is 73.6 Å². The van der Waals surface area contributed by atoms with Crippen molar-refractivity contribution in [2.24, 2.45) is 17.3 Å². The largest absolute Gasteiger partial charge is 0.123 e. The molecule has 2 fully saturated rings. The molecule has 62 valence electrons. The van der Waals surface area contributed by atoms with E-state index in [4.69, 9.17) is 11.6 Å². The fourth-order valence-corrected chi connectivity index (χ4v) is 3.41. The molecule has 0 aromatic rings. The van der Waals surface area contributed by atoms with Crippen molar-refractivity contribution in [1.82, 2.24) is 0 Å². The Morgan fingerprint density at radius 3 is 2.45 bits per heavy atom. The van der Waals surface area contributed by atoms with E-state index in [1.54, 1.807) is 0 Å². The fourth-order valence-electron chi connectivity index (χ4n) is 2.78. The third kappa shape index (κ3) is 0.823. The summed E-state index contributed by atoms with van der Waals surface area (Å²) in [5, 5.41) is 0.417. The highest BCUT2D eigenvalue weighted by atomic mass is 35.5. The molecule has 2 aliphatic rings. The summed E-state index contributed by atoms with van der Waals surface area (Å²) in [4.78, 5) is 0. The number of rotatable bonds is 0. The van der Waals surface area contributed by atoms with Crippen molar-refractivity contribution in [3.05, 3.63) is 12.2 Å². The van der Waals surface area contributed by atoms with Gasteiger partial charge in [-0.05, 0) is 30.1 Å². The predicted molar refractivity (Wildman–Crippen MR) is 48.8 cm³/mol. The molecule has 0 spiro atoms. The molecule has 0 saturated heterocycles. The van der Waals surface area contributed by atoms with Gasteiger partial charge in [0.25, 0.3) is 0 Å². The summed E-state index contributed by atoms with van der Waals surface area (Å²) >= 11 is 6.22. The second-order valence-corrected chi connectivity index (χ2v) is 5.10. The molecular formula is C10H15Cl. The molecule has 2 rings (SSSR count). The van der Waals surface area contributed by atoms with E-state index in [-0.39, 0.29) is 0 Å². The van der Waals surface area contributed by atoms with Gasteiger partial charge >= 0.3 is 0 Å². The van der Waals surface area contributed by atoms with E-state index < -0.39 is 0 Å². The van der Waals surface area contributed by atoms with Crippen LogP contribution in [0.3, 0.4) is 0 Å². The summed E-state index contributed by atoms with van der Waals surface area (Å²) in [6, 6.07) is 0. The Hall–Kier alpha value is 0.0300. The molecule has 0 aliphatic heterocycles. The predicted octanol–water partition coefficient (Wildman–Crippen LogP) is 3.22. The van der Waals surface area contributed by atoms with Gasteiger partial charge in [0.15, 0.2) is 0 Å². The van der Waals surface area contributed by atoms with E-state index in [9.17, 15) is 0 Å². The minimum atomic E-state index is 0.315. The highest BCUT2D eigenvalue weighted by molar-refractivity contribution is 6.21. The third-order valence-electron chi connectivity index (χ3n) is 3.73. The zero-order chi connectivity index (χ0) is 8.22. The minimum absolute atomic E-state index is 0.315. The van der Waals surface area contributed by atoms with Crippen LogP contribution in [-0.2, 0) is 0 Å². The summed E-state index contributed by atoms with van der Waals surface area (Å²) in [6.45, 7) is 8.74. The van der Waals surface area contributed by atoms with E-state index >= 15 is 0 Å². The van der Waals surface area contributed by atoms with Crippen molar-refractivity contribution in [1.29, 1.82) is 0 Å². The second-order valence-electron chi connectivity index (χ2n) is 4.54. The zero-order valence-electron chi connectivity index (χ0n) is 7.23. The Morgan fingerprint density at radius 1 is 1.45 bits per heavy atom. The van der Waals surface area contributed by atoms with Gasteiger partial charge in [-0.25, -0.2) is 0 Å². The van der Waals surface area contributed by atoms with Crippen molar-refractivity contribution in [2.75, 3.05) is 0 Å². The number of allylic oxidation sites excluding steroid dienone is 1. The van der Waals surface area contributed by atoms with Crippen LogP contribution in [0.1, 0.15) is 26.7 Å². The van der Waals surface area contributed by atoms with Gasteiger partial charge in [0.2, 0.25) is 0 Å². The summed E-state index contributed by atoms with van der Waals surface area (Å²) in [5.74, 6) is 1.43. The van der Waals surface area contributed by atoms with Crippen LogP contribution in [0, 0.1) is 17.3 Å². The molecule has 3 unspecified atom stereocenters. The second kappa shape index (κ2) is 2.04. The van der Waals surface area contributed by atoms with Crippen LogP contribution in [0.5, 0.6) is 0 Å². The maximum absolute atomic E-state index is 6.22. The van der Waals surface area contributed by atoms with Gasteiger partial charge < -0.3 is 0 Å². The molecule has 2 bridgehead atoms. The third-order valence-corrected chi connectivity index (χ3v) is 4.21. The molecule has 0 radical (unpaired) electrons. The van der Waals surface area contributed by atoms with Crippen LogP contribution in [0.2, 0.25) is 0 Å². The zero-order valence-corrected chi connectivity index (χ0v) is 7.99. The normalized spacial score (nSPS) is 46.8. The highest BCUT2D eigenvalue weighted by Gasteiger charge is 2.52. The number of alkyl halides is 1. The minimum Gasteiger partial charge on any atom is -0.123 e. The molecule has 0 aromatic carbocycles. The maximum atomic E-state index is 6.22. The van der Waals surface area contributed by atoms with E-state index in [1.807, 2.05) is 0 Å². The standard InChI is InChI=1S/C10H15Cl/c1-6-7-4-8(9(11)5-7)10(6,2)3/h7-9H,1,4-5H2,2-3H3. The smallest absolute Gasteiger partial charge is 0.0378 e. The van der Waals surface area contributed by atoms with Gasteiger partial charge in [-0.3, -0.25) is 0 Å². The lowest BCUT2D eigenvalue weighted by Gasteiger charge is -2.34. The Kier molecular flexibility index (Phi) is 1.42. The van der Waals surface area contributed by atoms with Gasteiger partial charge in [-0.1, -0.05) is 26.0 Å². The Bertz CT molecular complexity index is 205. The molecule has 3 atom stereocenters. The lowest BCUT2D eigenvalue weighted by Crippen LogP contribution is -2.29. The van der Waals surface area contributed by atoms with E-state index in [1.165, 1.54) is 18.4 Å². The van der Waals surface area contributed by atoms with Crippen LogP contribution in [0.15, 0.2) is 12.2 Å². The first-order valence-electron chi connectivity index (χ1n) is 4.37. The van der Waals surface area contributed by atoms with Gasteiger partial charge in [-0.2, -0.15) is 0 Å². The molecule has 0 heterocycles. The summed E-state index contributed by atoms with van der Waals surface area (Å²) in [5.41, 5.74) is 1.76. The summed E-state index contributed by atoms with van der Waals surface area (Å²) in [6.07, 6.45) is 2.47. The molecular weight excluding hydrogens is 156 g/mol. The molecule has 2 aliphatic carbocycles. The fraction of sp³-hybridized carbons (Fsp3) is 0.800. The van der Waals surface area contributed by atoms with Crippen molar-refractivity contribution in [3.63, 3.8) is 0 Å². The molecule has 11 heavy (non-hydrogen) atoms. The molecule has 2 saturated carbocycles. The van der Waals surface area contributed by atoms with Crippen molar-refractivity contribution in [2.45, 2.75) is 32.1 Å². The molecule has 0 aromatic heterocycles. The first-order valence-corrected chi connectivity index (χ1v) is 4.80. The van der Waals surface area contributed by atoms with Crippen LogP contribution >= 0.6 is 11.6 Å². The topological polar surface area (TPSA) is 0 Å². The number of fused-ring (bicyclic) bond motifs is 2. The Morgan fingerprint density at radius 2 is 2.09 bits per heavy atom. The highest BCUT2D eigenvalue weighted by Crippen LogP contribution is 2.59. The molecule has 0 amide bonds. The average molecular weight is 171 g/mol. The van der Waals surface area contributed by atoms with E-state index in [0.717, 1.165) is 5.92 Å². The summed E-state index contributed by atoms with van der Waals surface area (Å²) < 4.78 is 0. The number of halogens is 1. The number of hydrogen-bond donors (Lipinski definition) is 0. The molecule has 0 N–H and O–H groups in total. The molecule has 0 nitrogen and oxygen atoms in total. The van der Waals surface area contributed by atoms with Crippen LogP contribution in [-0.4, -0.2) is 5.38 Å². The number of hydrogen-bond acceptors (Lipinski definition) is 0. The van der Waals surface area contributed by atoms with Crippen LogP contribution in [0.4, 0.5) is 0 Å². The van der Waals surface area contributed by atoms with Crippen molar-refractivity contribution >= 4 is 11.6 Å². The van der Waals surface area contributed by atoms with E-state index in [0.29, 0.717) is 16.7 Å². The lowest BCUT2D eigenvalue weighted by atomic mass is 9.73. The first-order chi connectivity index (χ1) is 5.03. The summed E-state index contributed by atoms with van der Waals surface area (Å²) in [7, 11) is 0. The van der Waals surface area contributed by atoms with E-state index in [2.05, 4.69) is 20.4 Å². The maximum Gasteiger partial charge on any atom is 0.0378 e. The van der Waals surface area contributed by atoms with Gasteiger partial charge in [0.1, 0.15) is 0 Å². The average Bonchev–Trinajstić information content (AvgIpc) is 2.35. The van der Waals surface area contributed by atoms with Gasteiger partial charge in [0, 0.05) is 5.38 Å². The van der Waals surface area contributed by atoms with Crippen molar-refractivity contribution < 1.29 is 0 Å². The van der Waals surface area contributed by atoms with Crippen LogP contribution in [0.25, 0.3) is 0 Å². The lowest BCUT2D eigenvalue weighted by molar-refractivity contribution is 0.294.